The summed E-state index contributed by atoms with van der Waals surface area (Å²) in [6.45, 7) is 5.18. The second-order valence-electron chi connectivity index (χ2n) is 7.31. The molecule has 1 fully saturated rings. The molecular weight excluding hydrogens is 354 g/mol. The number of anilines is 3. The van der Waals surface area contributed by atoms with Gasteiger partial charge in [0.05, 0.1) is 0 Å². The number of hydrogen-bond acceptors (Lipinski definition) is 5. The zero-order valence-corrected chi connectivity index (χ0v) is 16.2. The second kappa shape index (κ2) is 8.42. The summed E-state index contributed by atoms with van der Waals surface area (Å²) in [6.07, 6.45) is 3.85. The zero-order valence-electron chi connectivity index (χ0n) is 16.2. The molecule has 6 heteroatoms. The quantitative estimate of drug-likeness (QED) is 0.823. The van der Waals surface area contributed by atoms with Gasteiger partial charge in [0, 0.05) is 36.2 Å². The zero-order chi connectivity index (χ0) is 19.3. The van der Waals surface area contributed by atoms with E-state index >= 15 is 0 Å². The summed E-state index contributed by atoms with van der Waals surface area (Å²) in [5.41, 5.74) is 2.88. The Morgan fingerprint density at radius 1 is 0.929 bits per heavy atom. The van der Waals surface area contributed by atoms with E-state index in [1.54, 1.807) is 6.07 Å². The van der Waals surface area contributed by atoms with E-state index in [0.717, 1.165) is 18.8 Å². The average Bonchev–Trinajstić information content (AvgIpc) is 2.75. The van der Waals surface area contributed by atoms with Gasteiger partial charge in [-0.3, -0.25) is 4.79 Å². The number of nitrogens with one attached hydrogen (secondary N) is 2. The van der Waals surface area contributed by atoms with E-state index in [-0.39, 0.29) is 11.9 Å². The molecule has 2 heterocycles. The largest absolute Gasteiger partial charge is 0.486 e. The van der Waals surface area contributed by atoms with Crippen molar-refractivity contribution in [2.75, 3.05) is 41.8 Å². The van der Waals surface area contributed by atoms with Crippen LogP contribution in [0.4, 0.5) is 17.1 Å². The van der Waals surface area contributed by atoms with Crippen LogP contribution in [-0.4, -0.2) is 38.3 Å². The molecule has 2 aromatic carbocycles. The standard InChI is InChI=1S/C22H27N3O3/c1-16(22(26)24-18-7-10-20-21(15-18)28-14-13-27-20)23-17-5-8-19(9-6-17)25-11-3-2-4-12-25/h5-10,15-16,23H,2-4,11-14H2,1H3,(H,24,26)/t16-/m1/s1. The molecule has 2 aromatic rings. The van der Waals surface area contributed by atoms with E-state index in [1.807, 2.05) is 31.2 Å². The maximum Gasteiger partial charge on any atom is 0.246 e. The Kier molecular flexibility index (Phi) is 5.55. The van der Waals surface area contributed by atoms with Crippen LogP contribution < -0.4 is 25.0 Å². The molecule has 28 heavy (non-hydrogen) atoms. The van der Waals surface area contributed by atoms with Crippen molar-refractivity contribution in [3.8, 4) is 11.5 Å². The van der Waals surface area contributed by atoms with E-state index in [9.17, 15) is 4.79 Å². The normalized spacial score (nSPS) is 17.0. The van der Waals surface area contributed by atoms with Crippen molar-refractivity contribution in [3.63, 3.8) is 0 Å². The molecule has 1 atom stereocenters. The smallest absolute Gasteiger partial charge is 0.246 e. The number of carbonyl (C=O) groups is 1. The van der Waals surface area contributed by atoms with Crippen LogP contribution in [0.25, 0.3) is 0 Å². The molecule has 0 aromatic heterocycles. The van der Waals surface area contributed by atoms with Crippen LogP contribution in [0, 0.1) is 0 Å². The van der Waals surface area contributed by atoms with E-state index < -0.39 is 0 Å². The van der Waals surface area contributed by atoms with Crippen molar-refractivity contribution in [2.24, 2.45) is 0 Å². The third-order valence-electron chi connectivity index (χ3n) is 5.17. The Labute approximate surface area is 165 Å². The van der Waals surface area contributed by atoms with Crippen molar-refractivity contribution in [3.05, 3.63) is 42.5 Å². The number of benzene rings is 2. The van der Waals surface area contributed by atoms with Gasteiger partial charge < -0.3 is 25.0 Å². The Morgan fingerprint density at radius 2 is 1.61 bits per heavy atom. The minimum atomic E-state index is -0.367. The lowest BCUT2D eigenvalue weighted by molar-refractivity contribution is -0.116. The predicted molar refractivity (Wildman–Crippen MR) is 112 cm³/mol. The minimum Gasteiger partial charge on any atom is -0.486 e. The Bertz CT molecular complexity index is 816. The molecule has 4 rings (SSSR count). The third kappa shape index (κ3) is 4.32. The van der Waals surface area contributed by atoms with Gasteiger partial charge in [0.15, 0.2) is 11.5 Å². The van der Waals surface area contributed by atoms with Gasteiger partial charge in [-0.2, -0.15) is 0 Å². The highest BCUT2D eigenvalue weighted by atomic mass is 16.6. The van der Waals surface area contributed by atoms with Crippen molar-refractivity contribution >= 4 is 23.0 Å². The molecule has 2 aliphatic rings. The summed E-state index contributed by atoms with van der Waals surface area (Å²) >= 11 is 0. The molecule has 6 nitrogen and oxygen atoms in total. The topological polar surface area (TPSA) is 62.8 Å². The molecule has 0 spiro atoms. The SMILES string of the molecule is C[C@@H](Nc1ccc(N2CCCCC2)cc1)C(=O)Nc1ccc2c(c1)OCCO2. The van der Waals surface area contributed by atoms with Gasteiger partial charge in [0.1, 0.15) is 19.3 Å². The first-order chi connectivity index (χ1) is 13.7. The molecule has 0 saturated carbocycles. The maximum atomic E-state index is 12.5. The van der Waals surface area contributed by atoms with Crippen LogP contribution in [0.2, 0.25) is 0 Å². The van der Waals surface area contributed by atoms with Crippen LogP contribution >= 0.6 is 0 Å². The van der Waals surface area contributed by atoms with Gasteiger partial charge in [0.2, 0.25) is 5.91 Å². The molecule has 0 radical (unpaired) electrons. The van der Waals surface area contributed by atoms with Crippen molar-refractivity contribution in [1.82, 2.24) is 0 Å². The van der Waals surface area contributed by atoms with E-state index in [1.165, 1.54) is 24.9 Å². The number of carbonyl (C=O) groups excluding carboxylic acids is 1. The molecule has 2 aliphatic heterocycles. The van der Waals surface area contributed by atoms with Crippen LogP contribution in [0.5, 0.6) is 11.5 Å². The molecule has 1 amide bonds. The highest BCUT2D eigenvalue weighted by Crippen LogP contribution is 2.32. The van der Waals surface area contributed by atoms with Crippen molar-refractivity contribution < 1.29 is 14.3 Å². The van der Waals surface area contributed by atoms with Crippen LogP contribution in [0.1, 0.15) is 26.2 Å². The molecule has 1 saturated heterocycles. The molecule has 0 aliphatic carbocycles. The summed E-state index contributed by atoms with van der Waals surface area (Å²) in [5, 5.41) is 6.20. The van der Waals surface area contributed by atoms with Gasteiger partial charge in [-0.1, -0.05) is 0 Å². The fraction of sp³-hybridized carbons (Fsp3) is 0.409. The number of hydrogen-bond donors (Lipinski definition) is 2. The van der Waals surface area contributed by atoms with E-state index in [0.29, 0.717) is 30.4 Å². The Balaban J connectivity index is 1.34. The van der Waals surface area contributed by atoms with Crippen LogP contribution in [0.3, 0.4) is 0 Å². The van der Waals surface area contributed by atoms with Gasteiger partial charge in [-0.15, -0.1) is 0 Å². The monoisotopic (exact) mass is 381 g/mol. The van der Waals surface area contributed by atoms with Crippen LogP contribution in [0.15, 0.2) is 42.5 Å². The highest BCUT2D eigenvalue weighted by Gasteiger charge is 2.16. The first-order valence-corrected chi connectivity index (χ1v) is 10.0. The number of ether oxygens (including phenoxy) is 2. The Morgan fingerprint density at radius 3 is 2.36 bits per heavy atom. The second-order valence-corrected chi connectivity index (χ2v) is 7.31. The van der Waals surface area contributed by atoms with Crippen molar-refractivity contribution in [1.29, 1.82) is 0 Å². The molecule has 0 bridgehead atoms. The van der Waals surface area contributed by atoms with Gasteiger partial charge in [0.25, 0.3) is 0 Å². The summed E-state index contributed by atoms with van der Waals surface area (Å²) in [6, 6.07) is 13.4. The molecule has 2 N–H and O–H groups in total. The summed E-state index contributed by atoms with van der Waals surface area (Å²) in [5.74, 6) is 1.28. The summed E-state index contributed by atoms with van der Waals surface area (Å²) in [7, 11) is 0. The van der Waals surface area contributed by atoms with E-state index in [4.69, 9.17) is 9.47 Å². The summed E-state index contributed by atoms with van der Waals surface area (Å²) < 4.78 is 11.1. The van der Waals surface area contributed by atoms with Gasteiger partial charge in [-0.25, -0.2) is 0 Å². The van der Waals surface area contributed by atoms with Crippen LogP contribution in [-0.2, 0) is 4.79 Å². The number of rotatable bonds is 5. The number of amides is 1. The number of fused-ring (bicyclic) bond motifs is 1. The lowest BCUT2D eigenvalue weighted by atomic mass is 10.1. The molecular formula is C22H27N3O3. The van der Waals surface area contributed by atoms with Crippen molar-refractivity contribution in [2.45, 2.75) is 32.2 Å². The van der Waals surface area contributed by atoms with Gasteiger partial charge >= 0.3 is 0 Å². The number of nitrogens with zero attached hydrogens (tertiary/aromatic N) is 1. The highest BCUT2D eigenvalue weighted by molar-refractivity contribution is 5.96. The third-order valence-corrected chi connectivity index (χ3v) is 5.17. The first-order valence-electron chi connectivity index (χ1n) is 10.0. The summed E-state index contributed by atoms with van der Waals surface area (Å²) in [4.78, 5) is 15.0. The number of piperidine rings is 1. The average molecular weight is 381 g/mol. The molecule has 0 unspecified atom stereocenters. The maximum absolute atomic E-state index is 12.5. The fourth-order valence-electron chi connectivity index (χ4n) is 3.61. The fourth-order valence-corrected chi connectivity index (χ4v) is 3.61. The Hall–Kier alpha value is -2.89. The van der Waals surface area contributed by atoms with E-state index in [2.05, 4.69) is 27.7 Å². The lowest BCUT2D eigenvalue weighted by Crippen LogP contribution is -2.32. The molecule has 148 valence electrons. The lowest BCUT2D eigenvalue weighted by Gasteiger charge is -2.29. The first kappa shape index (κ1) is 18.5. The predicted octanol–water partition coefficient (Wildman–Crippen LogP) is 3.89. The van der Waals surface area contributed by atoms with Gasteiger partial charge in [-0.05, 0) is 62.6 Å². The minimum absolute atomic E-state index is 0.100.